The zero-order chi connectivity index (χ0) is 14.4. The number of aliphatic hydroxyl groups excluding tert-OH is 1. The molecule has 0 saturated carbocycles. The molecule has 1 unspecified atom stereocenters. The molecule has 0 aliphatic heterocycles. The first-order valence-corrected chi connectivity index (χ1v) is 6.76. The van der Waals surface area contributed by atoms with Crippen LogP contribution in [-0.4, -0.2) is 41.7 Å². The Morgan fingerprint density at radius 3 is 2.68 bits per heavy atom. The van der Waals surface area contributed by atoms with Gasteiger partial charge in [-0.25, -0.2) is 0 Å². The summed E-state index contributed by atoms with van der Waals surface area (Å²) in [5, 5.41) is 9.76. The summed E-state index contributed by atoms with van der Waals surface area (Å²) in [5.41, 5.74) is 0. The van der Waals surface area contributed by atoms with Crippen molar-refractivity contribution in [3.05, 3.63) is 28.2 Å². The second kappa shape index (κ2) is 7.58. The first-order chi connectivity index (χ1) is 8.99. The number of carbonyl (C=O) groups excluding carboxylic acids is 1. The molecule has 19 heavy (non-hydrogen) atoms. The van der Waals surface area contributed by atoms with E-state index in [1.807, 2.05) is 6.92 Å². The van der Waals surface area contributed by atoms with Gasteiger partial charge in [-0.3, -0.25) is 4.79 Å². The smallest absolute Gasteiger partial charge is 0.263 e. The maximum absolute atomic E-state index is 12.1. The number of aliphatic hydroxyl groups is 1. The SMILES string of the molecule is CCN(CCO)C(=O)C(C)Oc1ccc(Cl)cc1Cl. The van der Waals surface area contributed by atoms with Crippen molar-refractivity contribution in [2.24, 2.45) is 0 Å². The highest BCUT2D eigenvalue weighted by Gasteiger charge is 2.21. The maximum atomic E-state index is 12.1. The molecule has 0 heterocycles. The van der Waals surface area contributed by atoms with Crippen molar-refractivity contribution in [2.45, 2.75) is 20.0 Å². The predicted molar refractivity (Wildman–Crippen MR) is 75.9 cm³/mol. The van der Waals surface area contributed by atoms with Gasteiger partial charge >= 0.3 is 0 Å². The Kier molecular flexibility index (Phi) is 6.42. The number of hydrogen-bond acceptors (Lipinski definition) is 3. The third-order valence-electron chi connectivity index (χ3n) is 2.61. The minimum absolute atomic E-state index is 0.0754. The molecular weight excluding hydrogens is 289 g/mol. The Balaban J connectivity index is 2.72. The van der Waals surface area contributed by atoms with Crippen molar-refractivity contribution in [2.75, 3.05) is 19.7 Å². The first-order valence-electron chi connectivity index (χ1n) is 6.01. The van der Waals surface area contributed by atoms with Gasteiger partial charge in [-0.1, -0.05) is 23.2 Å². The maximum Gasteiger partial charge on any atom is 0.263 e. The fourth-order valence-corrected chi connectivity index (χ4v) is 2.07. The lowest BCUT2D eigenvalue weighted by atomic mass is 10.3. The lowest BCUT2D eigenvalue weighted by molar-refractivity contribution is -0.138. The van der Waals surface area contributed by atoms with Crippen molar-refractivity contribution >= 4 is 29.1 Å². The Hall–Kier alpha value is -0.970. The van der Waals surface area contributed by atoms with E-state index < -0.39 is 6.10 Å². The van der Waals surface area contributed by atoms with Crippen LogP contribution >= 0.6 is 23.2 Å². The van der Waals surface area contributed by atoms with E-state index in [2.05, 4.69) is 0 Å². The van der Waals surface area contributed by atoms with E-state index in [4.69, 9.17) is 33.0 Å². The molecule has 1 amide bonds. The van der Waals surface area contributed by atoms with Crippen LogP contribution in [0, 0.1) is 0 Å². The van der Waals surface area contributed by atoms with E-state index in [1.54, 1.807) is 25.1 Å². The van der Waals surface area contributed by atoms with Crippen LogP contribution in [0.3, 0.4) is 0 Å². The molecular formula is C13H17Cl2NO3. The molecule has 0 aromatic heterocycles. The van der Waals surface area contributed by atoms with Crippen LogP contribution in [0.5, 0.6) is 5.75 Å². The first kappa shape index (κ1) is 16.1. The average Bonchev–Trinajstić information content (AvgIpc) is 2.38. The van der Waals surface area contributed by atoms with Gasteiger partial charge in [-0.15, -0.1) is 0 Å². The summed E-state index contributed by atoms with van der Waals surface area (Å²) in [7, 11) is 0. The predicted octanol–water partition coefficient (Wildman–Crippen LogP) is 2.60. The normalized spacial score (nSPS) is 12.1. The molecule has 106 valence electrons. The van der Waals surface area contributed by atoms with Gasteiger partial charge < -0.3 is 14.7 Å². The zero-order valence-corrected chi connectivity index (χ0v) is 12.4. The van der Waals surface area contributed by atoms with E-state index in [9.17, 15) is 4.79 Å². The third-order valence-corrected chi connectivity index (χ3v) is 3.14. The highest BCUT2D eigenvalue weighted by Crippen LogP contribution is 2.28. The Labute approximate surface area is 122 Å². The molecule has 1 aromatic rings. The van der Waals surface area contributed by atoms with Gasteiger partial charge in [-0.05, 0) is 32.0 Å². The van der Waals surface area contributed by atoms with Gasteiger partial charge in [-0.2, -0.15) is 0 Å². The van der Waals surface area contributed by atoms with Crippen LogP contribution in [0.4, 0.5) is 0 Å². The van der Waals surface area contributed by atoms with Crippen LogP contribution in [-0.2, 0) is 4.79 Å². The number of likely N-dealkylation sites (N-methyl/N-ethyl adjacent to an activating group) is 1. The van der Waals surface area contributed by atoms with E-state index in [-0.39, 0.29) is 19.1 Å². The molecule has 1 aromatic carbocycles. The van der Waals surface area contributed by atoms with Gasteiger partial charge in [0.15, 0.2) is 6.10 Å². The standard InChI is InChI=1S/C13H17Cl2NO3/c1-3-16(6-7-17)13(18)9(2)19-12-5-4-10(14)8-11(12)15/h4-5,8-9,17H,3,6-7H2,1-2H3. The molecule has 4 nitrogen and oxygen atoms in total. The lowest BCUT2D eigenvalue weighted by Crippen LogP contribution is -2.41. The molecule has 0 fully saturated rings. The summed E-state index contributed by atoms with van der Waals surface area (Å²) in [5.74, 6) is 0.217. The average molecular weight is 306 g/mol. The lowest BCUT2D eigenvalue weighted by Gasteiger charge is -2.24. The third kappa shape index (κ3) is 4.56. The zero-order valence-electron chi connectivity index (χ0n) is 10.9. The van der Waals surface area contributed by atoms with Crippen LogP contribution in [0.1, 0.15) is 13.8 Å². The van der Waals surface area contributed by atoms with Crippen molar-refractivity contribution < 1.29 is 14.6 Å². The monoisotopic (exact) mass is 305 g/mol. The quantitative estimate of drug-likeness (QED) is 0.879. The summed E-state index contributed by atoms with van der Waals surface area (Å²) >= 11 is 11.8. The molecule has 0 radical (unpaired) electrons. The number of hydrogen-bond donors (Lipinski definition) is 1. The number of halogens is 2. The van der Waals surface area contributed by atoms with E-state index in [1.165, 1.54) is 4.90 Å². The van der Waals surface area contributed by atoms with E-state index in [0.717, 1.165) is 0 Å². The van der Waals surface area contributed by atoms with Crippen LogP contribution in [0.25, 0.3) is 0 Å². The van der Waals surface area contributed by atoms with Crippen molar-refractivity contribution in [1.29, 1.82) is 0 Å². The molecule has 0 aliphatic rings. The van der Waals surface area contributed by atoms with Crippen LogP contribution in [0.15, 0.2) is 18.2 Å². The number of benzene rings is 1. The van der Waals surface area contributed by atoms with Crippen molar-refractivity contribution in [3.63, 3.8) is 0 Å². The molecule has 0 saturated heterocycles. The molecule has 6 heteroatoms. The molecule has 0 spiro atoms. The summed E-state index contributed by atoms with van der Waals surface area (Å²) < 4.78 is 5.53. The fraction of sp³-hybridized carbons (Fsp3) is 0.462. The summed E-state index contributed by atoms with van der Waals surface area (Å²) in [6.45, 7) is 4.22. The minimum atomic E-state index is -0.676. The van der Waals surface area contributed by atoms with Gasteiger partial charge in [0.25, 0.3) is 5.91 Å². The fourth-order valence-electron chi connectivity index (χ4n) is 1.61. The largest absolute Gasteiger partial charge is 0.479 e. The number of amides is 1. The minimum Gasteiger partial charge on any atom is -0.479 e. The second-order valence-corrected chi connectivity index (χ2v) is 4.82. The summed E-state index contributed by atoms with van der Waals surface area (Å²) in [6, 6.07) is 4.82. The van der Waals surface area contributed by atoms with Gasteiger partial charge in [0.2, 0.25) is 0 Å². The van der Waals surface area contributed by atoms with Crippen LogP contribution < -0.4 is 4.74 Å². The second-order valence-electron chi connectivity index (χ2n) is 3.98. The van der Waals surface area contributed by atoms with Gasteiger partial charge in [0.05, 0.1) is 11.6 Å². The molecule has 0 aliphatic carbocycles. The number of rotatable bonds is 6. The van der Waals surface area contributed by atoms with Crippen molar-refractivity contribution in [1.82, 2.24) is 4.90 Å². The number of carbonyl (C=O) groups is 1. The van der Waals surface area contributed by atoms with Gasteiger partial charge in [0, 0.05) is 18.1 Å². The molecule has 1 N–H and O–H groups in total. The molecule has 1 atom stereocenters. The van der Waals surface area contributed by atoms with E-state index in [0.29, 0.717) is 22.3 Å². The topological polar surface area (TPSA) is 49.8 Å². The highest BCUT2D eigenvalue weighted by atomic mass is 35.5. The van der Waals surface area contributed by atoms with Crippen molar-refractivity contribution in [3.8, 4) is 5.75 Å². The Morgan fingerprint density at radius 1 is 1.47 bits per heavy atom. The number of ether oxygens (including phenoxy) is 1. The summed E-state index contributed by atoms with van der Waals surface area (Å²) in [6.07, 6.45) is -0.676. The van der Waals surface area contributed by atoms with Crippen LogP contribution in [0.2, 0.25) is 10.0 Å². The molecule has 0 bridgehead atoms. The highest BCUT2D eigenvalue weighted by molar-refractivity contribution is 6.35. The Morgan fingerprint density at radius 2 is 2.16 bits per heavy atom. The Bertz CT molecular complexity index is 440. The molecule has 1 rings (SSSR count). The van der Waals surface area contributed by atoms with E-state index >= 15 is 0 Å². The summed E-state index contributed by atoms with van der Waals surface area (Å²) in [4.78, 5) is 13.6. The number of nitrogens with zero attached hydrogens (tertiary/aromatic N) is 1. The van der Waals surface area contributed by atoms with Gasteiger partial charge in [0.1, 0.15) is 5.75 Å².